The van der Waals surface area contributed by atoms with E-state index in [4.69, 9.17) is 4.74 Å². The average molecular weight is 284 g/mol. The molecule has 0 spiro atoms. The summed E-state index contributed by atoms with van der Waals surface area (Å²) in [6, 6.07) is 15.9. The van der Waals surface area contributed by atoms with E-state index in [0.29, 0.717) is 0 Å². The van der Waals surface area contributed by atoms with Gasteiger partial charge >= 0.3 is 0 Å². The predicted molar refractivity (Wildman–Crippen MR) is 86.7 cm³/mol. The second-order valence-electron chi connectivity index (χ2n) is 5.63. The van der Waals surface area contributed by atoms with Gasteiger partial charge in [-0.25, -0.2) is 0 Å². The smallest absolute Gasteiger partial charge is 0.119 e. The first-order valence-electron chi connectivity index (χ1n) is 7.63. The first kappa shape index (κ1) is 15.6. The van der Waals surface area contributed by atoms with Gasteiger partial charge in [0, 0.05) is 0 Å². The van der Waals surface area contributed by atoms with E-state index in [1.54, 1.807) is 0 Å². The third kappa shape index (κ3) is 4.33. The summed E-state index contributed by atoms with van der Waals surface area (Å²) in [6.07, 6.45) is 1.73. The Morgan fingerprint density at radius 3 is 2.33 bits per heavy atom. The van der Waals surface area contributed by atoms with Crippen LogP contribution in [0.25, 0.3) is 0 Å². The van der Waals surface area contributed by atoms with Gasteiger partial charge in [0.15, 0.2) is 0 Å². The van der Waals surface area contributed by atoms with Crippen LogP contribution < -0.4 is 4.74 Å². The van der Waals surface area contributed by atoms with Gasteiger partial charge < -0.3 is 9.84 Å². The fraction of sp³-hybridized carbons (Fsp3) is 0.368. The highest BCUT2D eigenvalue weighted by Crippen LogP contribution is 2.25. The predicted octanol–water partition coefficient (Wildman–Crippen LogP) is 4.51. The molecule has 0 saturated heterocycles. The van der Waals surface area contributed by atoms with Crippen molar-refractivity contribution >= 4 is 0 Å². The summed E-state index contributed by atoms with van der Waals surface area (Å²) < 4.78 is 5.62. The molecule has 0 aliphatic heterocycles. The lowest BCUT2D eigenvalue weighted by Crippen LogP contribution is -2.06. The molecule has 1 N–H and O–H groups in total. The number of rotatable bonds is 6. The second kappa shape index (κ2) is 7.28. The number of hydrogen-bond donors (Lipinski definition) is 1. The largest absolute Gasteiger partial charge is 0.491 e. The molecule has 0 saturated carbocycles. The maximum absolute atomic E-state index is 10.5. The molecular formula is C19H24O2. The van der Waals surface area contributed by atoms with Gasteiger partial charge in [-0.2, -0.15) is 0 Å². The number of hydrogen-bond acceptors (Lipinski definition) is 2. The number of ether oxygens (including phenoxy) is 1. The van der Waals surface area contributed by atoms with Crippen molar-refractivity contribution in [2.75, 3.05) is 0 Å². The Morgan fingerprint density at radius 1 is 1.00 bits per heavy atom. The van der Waals surface area contributed by atoms with Gasteiger partial charge in [-0.1, -0.05) is 49.7 Å². The van der Waals surface area contributed by atoms with Gasteiger partial charge in [-0.3, -0.25) is 0 Å². The molecule has 112 valence electrons. The minimum absolute atomic E-state index is 0.159. The maximum Gasteiger partial charge on any atom is 0.119 e. The molecule has 2 heteroatoms. The van der Waals surface area contributed by atoms with E-state index >= 15 is 0 Å². The third-order valence-electron chi connectivity index (χ3n) is 3.37. The Kier molecular flexibility index (Phi) is 5.40. The van der Waals surface area contributed by atoms with Crippen LogP contribution in [-0.2, 0) is 6.42 Å². The van der Waals surface area contributed by atoms with Gasteiger partial charge in [0.25, 0.3) is 0 Å². The molecule has 2 rings (SSSR count). The maximum atomic E-state index is 10.5. The molecule has 0 aliphatic rings. The first-order valence-corrected chi connectivity index (χ1v) is 7.63. The van der Waals surface area contributed by atoms with Crippen molar-refractivity contribution in [1.29, 1.82) is 0 Å². The lowest BCUT2D eigenvalue weighted by Gasteiger charge is -2.14. The van der Waals surface area contributed by atoms with Gasteiger partial charge in [-0.15, -0.1) is 0 Å². The van der Waals surface area contributed by atoms with E-state index in [1.165, 1.54) is 5.56 Å². The highest BCUT2D eigenvalue weighted by atomic mass is 16.5. The van der Waals surface area contributed by atoms with Crippen molar-refractivity contribution < 1.29 is 9.84 Å². The number of benzene rings is 2. The van der Waals surface area contributed by atoms with Gasteiger partial charge in [-0.05, 0) is 49.1 Å². The minimum Gasteiger partial charge on any atom is -0.491 e. The molecule has 0 amide bonds. The standard InChI is InChI=1S/C19H24O2/c1-4-6-15-7-5-8-17(13-15)19(20)16-9-11-18(12-10-16)21-14(2)3/h5,7-14,19-20H,4,6H2,1-3H3. The van der Waals surface area contributed by atoms with E-state index in [-0.39, 0.29) is 6.10 Å². The normalized spacial score (nSPS) is 12.4. The summed E-state index contributed by atoms with van der Waals surface area (Å²) in [6.45, 7) is 6.17. The lowest BCUT2D eigenvalue weighted by molar-refractivity contribution is 0.219. The summed E-state index contributed by atoms with van der Waals surface area (Å²) in [4.78, 5) is 0. The zero-order valence-corrected chi connectivity index (χ0v) is 13.0. The van der Waals surface area contributed by atoms with Crippen LogP contribution in [0.3, 0.4) is 0 Å². The molecule has 21 heavy (non-hydrogen) atoms. The Bertz CT molecular complexity index is 558. The number of aryl methyl sites for hydroxylation is 1. The minimum atomic E-state index is -0.588. The highest BCUT2D eigenvalue weighted by Gasteiger charge is 2.11. The van der Waals surface area contributed by atoms with Crippen molar-refractivity contribution in [3.63, 3.8) is 0 Å². The molecular weight excluding hydrogens is 260 g/mol. The fourth-order valence-electron chi connectivity index (χ4n) is 2.40. The Balaban J connectivity index is 2.15. The topological polar surface area (TPSA) is 29.5 Å². The molecule has 2 aromatic rings. The number of aliphatic hydroxyl groups excluding tert-OH is 1. The molecule has 2 aromatic carbocycles. The molecule has 0 heterocycles. The molecule has 1 unspecified atom stereocenters. The molecule has 1 atom stereocenters. The van der Waals surface area contributed by atoms with E-state index in [2.05, 4.69) is 19.1 Å². The molecule has 0 aliphatic carbocycles. The van der Waals surface area contributed by atoms with Crippen LogP contribution in [0.15, 0.2) is 48.5 Å². The summed E-state index contributed by atoms with van der Waals surface area (Å²) in [5, 5.41) is 10.5. The van der Waals surface area contributed by atoms with Crippen LogP contribution in [0.5, 0.6) is 5.75 Å². The first-order chi connectivity index (χ1) is 10.1. The zero-order valence-electron chi connectivity index (χ0n) is 13.0. The third-order valence-corrected chi connectivity index (χ3v) is 3.37. The van der Waals surface area contributed by atoms with Crippen LogP contribution in [0.4, 0.5) is 0 Å². The van der Waals surface area contributed by atoms with Crippen molar-refractivity contribution in [3.05, 3.63) is 65.2 Å². The fourth-order valence-corrected chi connectivity index (χ4v) is 2.40. The highest BCUT2D eigenvalue weighted by molar-refractivity contribution is 5.35. The molecule has 0 fully saturated rings. The summed E-state index contributed by atoms with van der Waals surface area (Å²) >= 11 is 0. The van der Waals surface area contributed by atoms with E-state index < -0.39 is 6.10 Å². The average Bonchev–Trinajstić information content (AvgIpc) is 2.47. The van der Waals surface area contributed by atoms with Gasteiger partial charge in [0.05, 0.1) is 6.10 Å². The van der Waals surface area contributed by atoms with Crippen LogP contribution in [0.2, 0.25) is 0 Å². The van der Waals surface area contributed by atoms with Crippen LogP contribution >= 0.6 is 0 Å². The Hall–Kier alpha value is -1.80. The molecule has 0 bridgehead atoms. The molecule has 0 aromatic heterocycles. The SMILES string of the molecule is CCCc1cccc(C(O)c2ccc(OC(C)C)cc2)c1. The monoisotopic (exact) mass is 284 g/mol. The summed E-state index contributed by atoms with van der Waals surface area (Å²) in [5.41, 5.74) is 3.10. The quantitative estimate of drug-likeness (QED) is 0.845. The summed E-state index contributed by atoms with van der Waals surface area (Å²) in [5.74, 6) is 0.834. The van der Waals surface area contributed by atoms with Crippen LogP contribution in [-0.4, -0.2) is 11.2 Å². The van der Waals surface area contributed by atoms with Gasteiger partial charge in [0.2, 0.25) is 0 Å². The van der Waals surface area contributed by atoms with Crippen LogP contribution in [0, 0.1) is 0 Å². The van der Waals surface area contributed by atoms with E-state index in [1.807, 2.05) is 50.2 Å². The molecule has 0 radical (unpaired) electrons. The van der Waals surface area contributed by atoms with E-state index in [9.17, 15) is 5.11 Å². The summed E-state index contributed by atoms with van der Waals surface area (Å²) in [7, 11) is 0. The Morgan fingerprint density at radius 2 is 1.71 bits per heavy atom. The van der Waals surface area contributed by atoms with Crippen LogP contribution in [0.1, 0.15) is 50.0 Å². The molecule has 2 nitrogen and oxygen atoms in total. The van der Waals surface area contributed by atoms with Crippen molar-refractivity contribution in [2.45, 2.75) is 45.8 Å². The number of aliphatic hydroxyl groups is 1. The lowest BCUT2D eigenvalue weighted by atomic mass is 9.98. The van der Waals surface area contributed by atoms with Crippen molar-refractivity contribution in [2.24, 2.45) is 0 Å². The zero-order chi connectivity index (χ0) is 15.2. The van der Waals surface area contributed by atoms with Crippen molar-refractivity contribution in [3.8, 4) is 5.75 Å². The second-order valence-corrected chi connectivity index (χ2v) is 5.63. The van der Waals surface area contributed by atoms with Gasteiger partial charge in [0.1, 0.15) is 11.9 Å². The van der Waals surface area contributed by atoms with Crippen molar-refractivity contribution in [1.82, 2.24) is 0 Å². The van der Waals surface area contributed by atoms with E-state index in [0.717, 1.165) is 29.7 Å². The Labute approximate surface area is 127 Å².